The second-order valence-corrected chi connectivity index (χ2v) is 8.52. The number of benzene rings is 1. The second-order valence-electron chi connectivity index (χ2n) is 7.11. The lowest BCUT2D eigenvalue weighted by Crippen LogP contribution is -2.55. The molecule has 1 saturated heterocycles. The van der Waals surface area contributed by atoms with Crippen LogP contribution in [0.3, 0.4) is 0 Å². The summed E-state index contributed by atoms with van der Waals surface area (Å²) >= 11 is 1.54. The van der Waals surface area contributed by atoms with Crippen molar-refractivity contribution in [3.8, 4) is 0 Å². The molecule has 0 bridgehead atoms. The van der Waals surface area contributed by atoms with Crippen molar-refractivity contribution in [2.75, 3.05) is 18.4 Å². The third-order valence-electron chi connectivity index (χ3n) is 4.46. The second kappa shape index (κ2) is 8.92. The van der Waals surface area contributed by atoms with E-state index in [1.165, 1.54) is 18.7 Å². The molecule has 1 heterocycles. The molecule has 1 aromatic rings. The first-order valence-corrected chi connectivity index (χ1v) is 9.15. The standard InChI is InChI=1S/C18H27N3O2S.ClH/c1-12(17(23)21-10-9-16(19)18(3,4)11-21)24-15-7-5-14(6-8-15)20-13(2)22;/h5-8,12,16H,9-11,19H2,1-4H3,(H,20,22);1H. The Morgan fingerprint density at radius 2 is 1.92 bits per heavy atom. The number of amides is 2. The Kier molecular flexibility index (Phi) is 7.78. The van der Waals surface area contributed by atoms with Crippen LogP contribution in [0.5, 0.6) is 0 Å². The first kappa shape index (κ1) is 21.8. The van der Waals surface area contributed by atoms with E-state index in [1.54, 1.807) is 0 Å². The van der Waals surface area contributed by atoms with Crippen molar-refractivity contribution in [1.29, 1.82) is 0 Å². The van der Waals surface area contributed by atoms with E-state index in [0.717, 1.165) is 23.5 Å². The molecule has 1 aliphatic heterocycles. The van der Waals surface area contributed by atoms with Gasteiger partial charge in [-0.1, -0.05) is 13.8 Å². The summed E-state index contributed by atoms with van der Waals surface area (Å²) in [7, 11) is 0. The van der Waals surface area contributed by atoms with Crippen LogP contribution in [-0.4, -0.2) is 41.1 Å². The third kappa shape index (κ3) is 5.90. The van der Waals surface area contributed by atoms with Gasteiger partial charge in [0.15, 0.2) is 0 Å². The van der Waals surface area contributed by atoms with Gasteiger partial charge >= 0.3 is 0 Å². The number of piperidine rings is 1. The highest BCUT2D eigenvalue weighted by Crippen LogP contribution is 2.31. The van der Waals surface area contributed by atoms with Gasteiger partial charge in [-0.3, -0.25) is 9.59 Å². The van der Waals surface area contributed by atoms with E-state index in [9.17, 15) is 9.59 Å². The first-order valence-electron chi connectivity index (χ1n) is 8.28. The van der Waals surface area contributed by atoms with Gasteiger partial charge in [0, 0.05) is 36.6 Å². The van der Waals surface area contributed by atoms with Crippen LogP contribution in [0.4, 0.5) is 5.69 Å². The van der Waals surface area contributed by atoms with Crippen molar-refractivity contribution >= 4 is 41.7 Å². The molecule has 3 N–H and O–H groups in total. The molecule has 140 valence electrons. The van der Waals surface area contributed by atoms with Gasteiger partial charge in [0.05, 0.1) is 5.25 Å². The minimum atomic E-state index is -0.151. The molecule has 1 aliphatic rings. The van der Waals surface area contributed by atoms with Gasteiger partial charge in [-0.05, 0) is 43.0 Å². The quantitative estimate of drug-likeness (QED) is 0.781. The van der Waals surface area contributed by atoms with Crippen molar-refractivity contribution in [3.05, 3.63) is 24.3 Å². The van der Waals surface area contributed by atoms with Crippen LogP contribution in [0, 0.1) is 5.41 Å². The predicted octanol–water partition coefficient (Wildman–Crippen LogP) is 3.13. The van der Waals surface area contributed by atoms with Gasteiger partial charge in [-0.25, -0.2) is 0 Å². The largest absolute Gasteiger partial charge is 0.341 e. The van der Waals surface area contributed by atoms with Crippen molar-refractivity contribution < 1.29 is 9.59 Å². The Labute approximate surface area is 160 Å². The topological polar surface area (TPSA) is 75.4 Å². The van der Waals surface area contributed by atoms with Crippen LogP contribution in [0.15, 0.2) is 29.2 Å². The van der Waals surface area contributed by atoms with E-state index in [0.29, 0.717) is 6.54 Å². The number of nitrogens with zero attached hydrogens (tertiary/aromatic N) is 1. The lowest BCUT2D eigenvalue weighted by Gasteiger charge is -2.43. The summed E-state index contributed by atoms with van der Waals surface area (Å²) in [5.74, 6) is 0.0655. The molecule has 0 saturated carbocycles. The Morgan fingerprint density at radius 3 is 2.44 bits per heavy atom. The molecule has 1 aromatic carbocycles. The Bertz CT molecular complexity index is 607. The zero-order chi connectivity index (χ0) is 17.9. The minimum Gasteiger partial charge on any atom is -0.341 e. The van der Waals surface area contributed by atoms with Crippen LogP contribution in [0.25, 0.3) is 0 Å². The van der Waals surface area contributed by atoms with E-state index in [4.69, 9.17) is 5.73 Å². The number of thioether (sulfide) groups is 1. The average Bonchev–Trinajstić information content (AvgIpc) is 2.50. The summed E-state index contributed by atoms with van der Waals surface area (Å²) in [6, 6.07) is 7.70. The molecule has 7 heteroatoms. The smallest absolute Gasteiger partial charge is 0.235 e. The molecule has 1 fully saturated rings. The molecule has 25 heavy (non-hydrogen) atoms. The molecule has 2 amide bonds. The summed E-state index contributed by atoms with van der Waals surface area (Å²) in [5.41, 5.74) is 6.87. The number of nitrogens with two attached hydrogens (primary N) is 1. The zero-order valence-corrected chi connectivity index (χ0v) is 16.9. The number of carbonyl (C=O) groups is 2. The molecule has 2 rings (SSSR count). The maximum atomic E-state index is 12.7. The van der Waals surface area contributed by atoms with Crippen molar-refractivity contribution in [1.82, 2.24) is 4.90 Å². The Balaban J connectivity index is 0.00000312. The molecular weight excluding hydrogens is 358 g/mol. The van der Waals surface area contributed by atoms with Crippen molar-refractivity contribution in [2.24, 2.45) is 11.1 Å². The van der Waals surface area contributed by atoms with Crippen LogP contribution in [0.2, 0.25) is 0 Å². The summed E-state index contributed by atoms with van der Waals surface area (Å²) in [5, 5.41) is 2.59. The summed E-state index contributed by atoms with van der Waals surface area (Å²) in [6.45, 7) is 9.10. The number of carbonyl (C=O) groups excluding carboxylic acids is 2. The molecule has 5 nitrogen and oxygen atoms in total. The van der Waals surface area contributed by atoms with Crippen LogP contribution in [0.1, 0.15) is 34.1 Å². The molecule has 0 radical (unpaired) electrons. The zero-order valence-electron chi connectivity index (χ0n) is 15.2. The first-order chi connectivity index (χ1) is 11.2. The molecule has 0 aliphatic carbocycles. The van der Waals surface area contributed by atoms with Gasteiger partial charge in [-0.2, -0.15) is 0 Å². The van der Waals surface area contributed by atoms with Gasteiger partial charge < -0.3 is 16.0 Å². The number of halogens is 1. The fraction of sp³-hybridized carbons (Fsp3) is 0.556. The van der Waals surface area contributed by atoms with Crippen molar-refractivity contribution in [3.63, 3.8) is 0 Å². The molecule has 0 spiro atoms. The van der Waals surface area contributed by atoms with Crippen molar-refractivity contribution in [2.45, 2.75) is 50.3 Å². The fourth-order valence-corrected chi connectivity index (χ4v) is 3.85. The van der Waals surface area contributed by atoms with Gasteiger partial charge in [0.25, 0.3) is 0 Å². The van der Waals surface area contributed by atoms with E-state index in [1.807, 2.05) is 36.1 Å². The number of nitrogens with one attached hydrogen (secondary N) is 1. The van der Waals surface area contributed by atoms with E-state index < -0.39 is 0 Å². The highest BCUT2D eigenvalue weighted by Gasteiger charge is 2.36. The summed E-state index contributed by atoms with van der Waals surface area (Å²) in [4.78, 5) is 26.7. The van der Waals surface area contributed by atoms with E-state index >= 15 is 0 Å². The van der Waals surface area contributed by atoms with Gasteiger partial charge in [-0.15, -0.1) is 24.2 Å². The van der Waals surface area contributed by atoms with E-state index in [2.05, 4.69) is 19.2 Å². The maximum absolute atomic E-state index is 12.7. The van der Waals surface area contributed by atoms with Gasteiger partial charge in [0.1, 0.15) is 0 Å². The Morgan fingerprint density at radius 1 is 1.32 bits per heavy atom. The number of hydrogen-bond acceptors (Lipinski definition) is 4. The normalized spacial score (nSPS) is 20.4. The van der Waals surface area contributed by atoms with Crippen LogP contribution in [-0.2, 0) is 9.59 Å². The molecule has 2 unspecified atom stereocenters. The Hall–Kier alpha value is -1.24. The average molecular weight is 386 g/mol. The number of anilines is 1. The highest BCUT2D eigenvalue weighted by molar-refractivity contribution is 8.00. The summed E-state index contributed by atoms with van der Waals surface area (Å²) < 4.78 is 0. The highest BCUT2D eigenvalue weighted by atomic mass is 35.5. The lowest BCUT2D eigenvalue weighted by atomic mass is 9.79. The summed E-state index contributed by atoms with van der Waals surface area (Å²) in [6.07, 6.45) is 0.849. The number of likely N-dealkylation sites (tertiary alicyclic amines) is 1. The molecule has 0 aromatic heterocycles. The molecular formula is C18H28ClN3O2S. The monoisotopic (exact) mass is 385 g/mol. The van der Waals surface area contributed by atoms with Crippen LogP contribution >= 0.6 is 24.2 Å². The minimum absolute atomic E-state index is 0. The SMILES string of the molecule is CC(=O)Nc1ccc(SC(C)C(=O)N2CCC(N)C(C)(C)C2)cc1.Cl. The third-order valence-corrected chi connectivity index (χ3v) is 5.56. The fourth-order valence-electron chi connectivity index (χ4n) is 2.89. The van der Waals surface area contributed by atoms with Gasteiger partial charge in [0.2, 0.25) is 11.8 Å². The maximum Gasteiger partial charge on any atom is 0.235 e. The number of rotatable bonds is 4. The predicted molar refractivity (Wildman–Crippen MR) is 106 cm³/mol. The van der Waals surface area contributed by atoms with E-state index in [-0.39, 0.29) is 40.9 Å². The number of hydrogen-bond donors (Lipinski definition) is 2. The van der Waals surface area contributed by atoms with Crippen LogP contribution < -0.4 is 11.1 Å². The molecule has 2 atom stereocenters. The lowest BCUT2D eigenvalue weighted by molar-refractivity contribution is -0.133.